The van der Waals surface area contributed by atoms with Crippen LogP contribution in [0.25, 0.3) is 5.78 Å². The van der Waals surface area contributed by atoms with Gasteiger partial charge in [0.15, 0.2) is 5.82 Å². The van der Waals surface area contributed by atoms with Crippen molar-refractivity contribution < 1.29 is 14.8 Å². The molecule has 0 aliphatic carbocycles. The molecule has 0 spiro atoms. The highest BCUT2D eigenvalue weighted by Gasteiger charge is 2.27. The number of aromatic nitrogens is 4. The van der Waals surface area contributed by atoms with Crippen molar-refractivity contribution in [2.75, 3.05) is 11.6 Å². The van der Waals surface area contributed by atoms with Crippen LogP contribution in [0.2, 0.25) is 0 Å². The molecule has 0 unspecified atom stereocenters. The number of anilines is 1. The third-order valence-corrected chi connectivity index (χ3v) is 3.88. The van der Waals surface area contributed by atoms with E-state index in [1.807, 2.05) is 0 Å². The van der Waals surface area contributed by atoms with Gasteiger partial charge in [0.2, 0.25) is 12.3 Å². The van der Waals surface area contributed by atoms with Gasteiger partial charge in [-0.1, -0.05) is 26.2 Å². The second-order valence-corrected chi connectivity index (χ2v) is 5.86. The molecule has 2 amide bonds. The van der Waals surface area contributed by atoms with E-state index in [-0.39, 0.29) is 13.0 Å². The third kappa shape index (κ3) is 4.48. The van der Waals surface area contributed by atoms with E-state index in [0.29, 0.717) is 28.8 Å². The Morgan fingerprint density at radius 1 is 1.48 bits per heavy atom. The van der Waals surface area contributed by atoms with Crippen LogP contribution in [0.1, 0.15) is 38.3 Å². The van der Waals surface area contributed by atoms with Gasteiger partial charge in [0.05, 0.1) is 12.5 Å². The summed E-state index contributed by atoms with van der Waals surface area (Å²) in [7, 11) is 0. The van der Waals surface area contributed by atoms with Gasteiger partial charge in [0, 0.05) is 11.8 Å². The zero-order chi connectivity index (χ0) is 18.4. The minimum absolute atomic E-state index is 0.121. The Bertz CT molecular complexity index is 733. The first-order chi connectivity index (χ1) is 12.0. The summed E-state index contributed by atoms with van der Waals surface area (Å²) >= 11 is 0. The minimum Gasteiger partial charge on any atom is -0.286 e. The number of hydroxylamine groups is 2. The number of rotatable bonds is 9. The maximum atomic E-state index is 12.8. The van der Waals surface area contributed by atoms with Crippen LogP contribution in [-0.4, -0.2) is 48.7 Å². The van der Waals surface area contributed by atoms with E-state index in [4.69, 9.17) is 5.84 Å². The monoisotopic (exact) mass is 349 g/mol. The van der Waals surface area contributed by atoms with E-state index in [0.717, 1.165) is 24.3 Å². The van der Waals surface area contributed by atoms with Crippen LogP contribution in [-0.2, 0) is 9.59 Å². The Morgan fingerprint density at radius 3 is 2.92 bits per heavy atom. The Hall–Kier alpha value is -2.59. The lowest BCUT2D eigenvalue weighted by Gasteiger charge is -2.25. The van der Waals surface area contributed by atoms with Gasteiger partial charge in [0.1, 0.15) is 6.33 Å². The standard InChI is InChI=1S/C15H23N7O3/c1-3-4-5-6-12(8-20(25)10-23)14(24)21(16)13-7-11(2)19-15-17-9-18-22(13)15/h7,9-10,12,25H,3-6,8,16H2,1-2H3/t12-/m0/s1. The van der Waals surface area contributed by atoms with Crippen LogP contribution in [0, 0.1) is 12.8 Å². The van der Waals surface area contributed by atoms with Crippen molar-refractivity contribution in [3.63, 3.8) is 0 Å². The number of hydrazine groups is 1. The molecule has 2 heterocycles. The van der Waals surface area contributed by atoms with Crippen molar-refractivity contribution in [1.82, 2.24) is 24.6 Å². The zero-order valence-electron chi connectivity index (χ0n) is 14.4. The Kier molecular flexibility index (Phi) is 6.37. The van der Waals surface area contributed by atoms with E-state index >= 15 is 0 Å². The molecule has 0 bridgehead atoms. The van der Waals surface area contributed by atoms with Crippen molar-refractivity contribution in [1.29, 1.82) is 0 Å². The highest BCUT2D eigenvalue weighted by atomic mass is 16.5. The van der Waals surface area contributed by atoms with Crippen LogP contribution in [0.3, 0.4) is 0 Å². The van der Waals surface area contributed by atoms with Gasteiger partial charge in [-0.15, -0.1) is 0 Å². The number of hydrogen-bond acceptors (Lipinski definition) is 7. The van der Waals surface area contributed by atoms with E-state index in [1.165, 1.54) is 10.8 Å². The molecule has 10 heteroatoms. The van der Waals surface area contributed by atoms with Crippen LogP contribution < -0.4 is 10.9 Å². The zero-order valence-corrected chi connectivity index (χ0v) is 14.4. The second kappa shape index (κ2) is 8.49. The number of unbranched alkanes of at least 4 members (excludes halogenated alkanes) is 2. The lowest BCUT2D eigenvalue weighted by Crippen LogP contribution is -2.46. The molecule has 2 rings (SSSR count). The largest absolute Gasteiger partial charge is 0.286 e. The fourth-order valence-corrected chi connectivity index (χ4v) is 2.59. The summed E-state index contributed by atoms with van der Waals surface area (Å²) in [5.74, 6) is 5.64. The van der Waals surface area contributed by atoms with Crippen LogP contribution in [0.15, 0.2) is 12.4 Å². The highest BCUT2D eigenvalue weighted by Crippen LogP contribution is 2.19. The fraction of sp³-hybridized carbons (Fsp3) is 0.533. The molecular weight excluding hydrogens is 326 g/mol. The molecule has 0 saturated heterocycles. The van der Waals surface area contributed by atoms with Gasteiger partial charge < -0.3 is 0 Å². The molecular formula is C15H23N7O3. The van der Waals surface area contributed by atoms with Gasteiger partial charge in [-0.05, 0) is 13.3 Å². The molecule has 0 aromatic carbocycles. The number of carbonyl (C=O) groups is 2. The van der Waals surface area contributed by atoms with Gasteiger partial charge >= 0.3 is 0 Å². The summed E-state index contributed by atoms with van der Waals surface area (Å²) < 4.78 is 1.37. The molecule has 10 nitrogen and oxygen atoms in total. The van der Waals surface area contributed by atoms with E-state index in [1.54, 1.807) is 13.0 Å². The van der Waals surface area contributed by atoms with E-state index < -0.39 is 11.8 Å². The first-order valence-corrected chi connectivity index (χ1v) is 8.14. The smallest absolute Gasteiger partial charge is 0.254 e. The van der Waals surface area contributed by atoms with Gasteiger partial charge in [-0.3, -0.25) is 14.8 Å². The van der Waals surface area contributed by atoms with Gasteiger partial charge in [-0.2, -0.15) is 14.6 Å². The quantitative estimate of drug-likeness (QED) is 0.170. The van der Waals surface area contributed by atoms with Gasteiger partial charge in [0.25, 0.3) is 5.78 Å². The third-order valence-electron chi connectivity index (χ3n) is 3.88. The fourth-order valence-electron chi connectivity index (χ4n) is 2.59. The number of hydrogen-bond donors (Lipinski definition) is 2. The number of nitrogens with two attached hydrogens (primary N) is 1. The summed E-state index contributed by atoms with van der Waals surface area (Å²) in [5.41, 5.74) is 0.637. The van der Waals surface area contributed by atoms with Gasteiger partial charge in [-0.25, -0.2) is 20.9 Å². The number of carbonyl (C=O) groups excluding carboxylic acids is 2. The topological polar surface area (TPSA) is 130 Å². The first-order valence-electron chi connectivity index (χ1n) is 8.14. The molecule has 2 aromatic rings. The molecule has 0 aliphatic rings. The van der Waals surface area contributed by atoms with E-state index in [9.17, 15) is 14.8 Å². The second-order valence-electron chi connectivity index (χ2n) is 5.86. The van der Waals surface area contributed by atoms with E-state index in [2.05, 4.69) is 22.0 Å². The molecule has 136 valence electrons. The SMILES string of the molecule is CCCCC[C@@H](CN(O)C=O)C(=O)N(N)c1cc(C)nc2ncnn12. The average molecular weight is 349 g/mol. The molecule has 0 radical (unpaired) electrons. The molecule has 0 fully saturated rings. The Balaban J connectivity index is 2.26. The minimum atomic E-state index is -0.626. The van der Waals surface area contributed by atoms with Crippen molar-refractivity contribution in [3.05, 3.63) is 18.1 Å². The summed E-state index contributed by atoms with van der Waals surface area (Å²) in [6.45, 7) is 3.69. The van der Waals surface area contributed by atoms with Crippen molar-refractivity contribution in [2.24, 2.45) is 11.8 Å². The lowest BCUT2D eigenvalue weighted by molar-refractivity contribution is -0.154. The predicted octanol–water partition coefficient (Wildman–Crippen LogP) is 0.684. The number of nitrogens with zero attached hydrogens (tertiary/aromatic N) is 6. The summed E-state index contributed by atoms with van der Waals surface area (Å²) in [4.78, 5) is 31.7. The van der Waals surface area contributed by atoms with Crippen LogP contribution >= 0.6 is 0 Å². The van der Waals surface area contributed by atoms with Crippen molar-refractivity contribution in [2.45, 2.75) is 39.5 Å². The van der Waals surface area contributed by atoms with Crippen LogP contribution in [0.5, 0.6) is 0 Å². The maximum Gasteiger partial charge on any atom is 0.254 e. The number of fused-ring (bicyclic) bond motifs is 1. The lowest BCUT2D eigenvalue weighted by atomic mass is 10.00. The Labute approximate surface area is 145 Å². The first kappa shape index (κ1) is 18.7. The normalized spacial score (nSPS) is 12.2. The highest BCUT2D eigenvalue weighted by molar-refractivity contribution is 5.93. The summed E-state index contributed by atoms with van der Waals surface area (Å²) in [6.07, 6.45) is 4.84. The Morgan fingerprint density at radius 2 is 2.24 bits per heavy atom. The summed E-state index contributed by atoms with van der Waals surface area (Å²) in [5, 5.41) is 15.0. The molecule has 1 atom stereocenters. The molecule has 0 aliphatic heterocycles. The predicted molar refractivity (Wildman–Crippen MR) is 89.4 cm³/mol. The van der Waals surface area contributed by atoms with Crippen molar-refractivity contribution in [3.8, 4) is 0 Å². The molecule has 25 heavy (non-hydrogen) atoms. The maximum absolute atomic E-state index is 12.8. The average Bonchev–Trinajstić information content (AvgIpc) is 3.07. The number of amides is 2. The molecule has 3 N–H and O–H groups in total. The van der Waals surface area contributed by atoms with Crippen LogP contribution in [0.4, 0.5) is 5.82 Å². The van der Waals surface area contributed by atoms with Crippen molar-refractivity contribution >= 4 is 23.9 Å². The number of aryl methyl sites for hydroxylation is 1. The molecule has 2 aromatic heterocycles. The molecule has 0 saturated carbocycles. The summed E-state index contributed by atoms with van der Waals surface area (Å²) in [6, 6.07) is 1.62.